The average Bonchev–Trinajstić information content (AvgIpc) is 3.14. The van der Waals surface area contributed by atoms with Crippen molar-refractivity contribution in [3.8, 4) is 0 Å². The number of hydrogen-bond acceptors (Lipinski definition) is 4. The van der Waals surface area contributed by atoms with E-state index in [1.165, 1.54) is 11.3 Å². The Labute approximate surface area is 132 Å². The van der Waals surface area contributed by atoms with Crippen LogP contribution in [0.4, 0.5) is 0 Å². The first kappa shape index (κ1) is 14.8. The summed E-state index contributed by atoms with van der Waals surface area (Å²) in [4.78, 5) is 30.9. The van der Waals surface area contributed by atoms with Gasteiger partial charge in [-0.25, -0.2) is 4.98 Å². The molecular formula is C15H17N3O3S. The van der Waals surface area contributed by atoms with E-state index in [1.54, 1.807) is 11.2 Å². The second-order valence-corrected chi connectivity index (χ2v) is 6.32. The van der Waals surface area contributed by atoms with Crippen LogP contribution in [0, 0.1) is 0 Å². The van der Waals surface area contributed by atoms with Gasteiger partial charge in [0.25, 0.3) is 0 Å². The Morgan fingerprint density at radius 1 is 1.50 bits per heavy atom. The normalized spacial score (nSPS) is 17.3. The summed E-state index contributed by atoms with van der Waals surface area (Å²) in [6, 6.07) is 3.82. The van der Waals surface area contributed by atoms with Crippen molar-refractivity contribution in [2.24, 2.45) is 0 Å². The number of fused-ring (bicyclic) bond motifs is 1. The van der Waals surface area contributed by atoms with Crippen LogP contribution in [0.5, 0.6) is 0 Å². The molecule has 0 saturated heterocycles. The SMILES string of the molecule is CCn1cnc2c1[C@H](C(=O)O)CN(C(=O)Cc1cccs1)C2. The van der Waals surface area contributed by atoms with Crippen molar-refractivity contribution < 1.29 is 14.7 Å². The largest absolute Gasteiger partial charge is 0.481 e. The lowest BCUT2D eigenvalue weighted by Crippen LogP contribution is -2.42. The lowest BCUT2D eigenvalue weighted by Gasteiger charge is -2.31. The fraction of sp³-hybridized carbons (Fsp3) is 0.400. The molecule has 0 bridgehead atoms. The first-order chi connectivity index (χ1) is 10.6. The molecule has 0 spiro atoms. The molecule has 0 saturated carbocycles. The summed E-state index contributed by atoms with van der Waals surface area (Å²) in [7, 11) is 0. The number of aromatic nitrogens is 2. The third kappa shape index (κ3) is 2.64. The summed E-state index contributed by atoms with van der Waals surface area (Å²) in [5.41, 5.74) is 1.43. The summed E-state index contributed by atoms with van der Waals surface area (Å²) < 4.78 is 1.86. The van der Waals surface area contributed by atoms with Crippen molar-refractivity contribution in [3.63, 3.8) is 0 Å². The molecule has 3 rings (SSSR count). The topological polar surface area (TPSA) is 75.4 Å². The van der Waals surface area contributed by atoms with Crippen molar-refractivity contribution in [1.29, 1.82) is 0 Å². The van der Waals surface area contributed by atoms with Crippen LogP contribution in [0.1, 0.15) is 29.1 Å². The quantitative estimate of drug-likeness (QED) is 0.931. The number of amides is 1. The fourth-order valence-electron chi connectivity index (χ4n) is 2.82. The fourth-order valence-corrected chi connectivity index (χ4v) is 3.52. The standard InChI is InChI=1S/C15H17N3O3S/c1-2-17-9-16-12-8-18(7-11(14(12)17)15(20)21)13(19)6-10-4-3-5-22-10/h3-5,9,11H,2,6-8H2,1H3,(H,20,21)/t11-/m1/s1. The van der Waals surface area contributed by atoms with E-state index in [2.05, 4.69) is 4.98 Å². The molecule has 1 amide bonds. The van der Waals surface area contributed by atoms with E-state index in [4.69, 9.17) is 0 Å². The highest BCUT2D eigenvalue weighted by molar-refractivity contribution is 7.10. The Hall–Kier alpha value is -2.15. The van der Waals surface area contributed by atoms with Gasteiger partial charge in [-0.2, -0.15) is 0 Å². The summed E-state index contributed by atoms with van der Waals surface area (Å²) >= 11 is 1.53. The van der Waals surface area contributed by atoms with Crippen molar-refractivity contribution >= 4 is 23.2 Å². The third-order valence-corrected chi connectivity index (χ3v) is 4.81. The number of aryl methyl sites for hydroxylation is 1. The summed E-state index contributed by atoms with van der Waals surface area (Å²) in [5, 5.41) is 11.4. The molecule has 1 aliphatic rings. The van der Waals surface area contributed by atoms with Crippen molar-refractivity contribution in [3.05, 3.63) is 40.1 Å². The van der Waals surface area contributed by atoms with Gasteiger partial charge in [0.1, 0.15) is 5.92 Å². The van der Waals surface area contributed by atoms with Gasteiger partial charge in [0.15, 0.2) is 0 Å². The minimum Gasteiger partial charge on any atom is -0.481 e. The van der Waals surface area contributed by atoms with Crippen LogP contribution in [-0.2, 0) is 29.1 Å². The molecular weight excluding hydrogens is 302 g/mol. The molecule has 22 heavy (non-hydrogen) atoms. The van der Waals surface area contributed by atoms with Crippen molar-refractivity contribution in [1.82, 2.24) is 14.5 Å². The molecule has 7 heteroatoms. The first-order valence-corrected chi connectivity index (χ1v) is 8.05. The van der Waals surface area contributed by atoms with Gasteiger partial charge in [-0.1, -0.05) is 6.07 Å². The maximum atomic E-state index is 12.4. The highest BCUT2D eigenvalue weighted by Crippen LogP contribution is 2.28. The van der Waals surface area contributed by atoms with E-state index in [1.807, 2.05) is 29.0 Å². The van der Waals surface area contributed by atoms with E-state index < -0.39 is 11.9 Å². The van der Waals surface area contributed by atoms with Crippen molar-refractivity contribution in [2.45, 2.75) is 32.4 Å². The van der Waals surface area contributed by atoms with Crippen LogP contribution < -0.4 is 0 Å². The van der Waals surface area contributed by atoms with Crippen LogP contribution in [0.25, 0.3) is 0 Å². The molecule has 1 N–H and O–H groups in total. The van der Waals surface area contributed by atoms with E-state index in [0.29, 0.717) is 25.2 Å². The Kier molecular flexibility index (Phi) is 3.98. The lowest BCUT2D eigenvalue weighted by atomic mass is 9.98. The number of carbonyl (C=O) groups is 2. The number of imidazole rings is 1. The maximum absolute atomic E-state index is 12.4. The Bertz CT molecular complexity index is 693. The molecule has 0 fully saturated rings. The summed E-state index contributed by atoms with van der Waals surface area (Å²) in [6.07, 6.45) is 1.97. The van der Waals surface area contributed by atoms with Gasteiger partial charge in [-0.3, -0.25) is 9.59 Å². The highest BCUT2D eigenvalue weighted by atomic mass is 32.1. The van der Waals surface area contributed by atoms with Crippen LogP contribution >= 0.6 is 11.3 Å². The van der Waals surface area contributed by atoms with Gasteiger partial charge in [-0.15, -0.1) is 11.3 Å². The third-order valence-electron chi connectivity index (χ3n) is 3.93. The number of carboxylic acid groups (broad SMARTS) is 1. The first-order valence-electron chi connectivity index (χ1n) is 7.17. The predicted octanol–water partition coefficient (Wildman–Crippen LogP) is 1.72. The lowest BCUT2D eigenvalue weighted by molar-refractivity contribution is -0.141. The zero-order chi connectivity index (χ0) is 15.7. The number of carbonyl (C=O) groups excluding carboxylic acids is 1. The number of rotatable bonds is 4. The molecule has 116 valence electrons. The summed E-state index contributed by atoms with van der Waals surface area (Å²) in [5.74, 6) is -1.67. The van der Waals surface area contributed by atoms with Crippen molar-refractivity contribution in [2.75, 3.05) is 6.54 Å². The average molecular weight is 319 g/mol. The smallest absolute Gasteiger partial charge is 0.314 e. The number of nitrogens with zero attached hydrogens (tertiary/aromatic N) is 3. The highest BCUT2D eigenvalue weighted by Gasteiger charge is 2.35. The molecule has 2 aromatic heterocycles. The van der Waals surface area contributed by atoms with Gasteiger partial charge in [0.05, 0.1) is 30.7 Å². The van der Waals surface area contributed by atoms with Gasteiger partial charge >= 0.3 is 5.97 Å². The number of thiophene rings is 1. The molecule has 0 radical (unpaired) electrons. The van der Waals surface area contributed by atoms with E-state index in [-0.39, 0.29) is 12.5 Å². The molecule has 6 nitrogen and oxygen atoms in total. The molecule has 0 aromatic carbocycles. The minimum absolute atomic E-state index is 0.0506. The van der Waals surface area contributed by atoms with E-state index >= 15 is 0 Å². The molecule has 3 heterocycles. The van der Waals surface area contributed by atoms with Crippen LogP contribution in [0.3, 0.4) is 0 Å². The Morgan fingerprint density at radius 3 is 2.95 bits per heavy atom. The second kappa shape index (κ2) is 5.92. The molecule has 1 aliphatic heterocycles. The number of hydrogen-bond donors (Lipinski definition) is 1. The Balaban J connectivity index is 1.84. The number of carboxylic acids is 1. The van der Waals surface area contributed by atoms with E-state index in [0.717, 1.165) is 10.6 Å². The monoisotopic (exact) mass is 319 g/mol. The molecule has 2 aromatic rings. The zero-order valence-electron chi connectivity index (χ0n) is 12.2. The van der Waals surface area contributed by atoms with Crippen LogP contribution in [0.2, 0.25) is 0 Å². The zero-order valence-corrected chi connectivity index (χ0v) is 13.0. The van der Waals surface area contributed by atoms with Crippen LogP contribution in [-0.4, -0.2) is 38.0 Å². The van der Waals surface area contributed by atoms with Gasteiger partial charge < -0.3 is 14.6 Å². The second-order valence-electron chi connectivity index (χ2n) is 5.28. The molecule has 0 unspecified atom stereocenters. The predicted molar refractivity (Wildman–Crippen MR) is 81.7 cm³/mol. The van der Waals surface area contributed by atoms with Gasteiger partial charge in [-0.05, 0) is 18.4 Å². The molecule has 1 atom stereocenters. The van der Waals surface area contributed by atoms with Gasteiger partial charge in [0, 0.05) is 18.0 Å². The minimum atomic E-state index is -0.912. The Morgan fingerprint density at radius 2 is 2.32 bits per heavy atom. The molecule has 0 aliphatic carbocycles. The van der Waals surface area contributed by atoms with Gasteiger partial charge in [0.2, 0.25) is 5.91 Å². The number of aliphatic carboxylic acids is 1. The summed E-state index contributed by atoms with van der Waals surface area (Å²) in [6.45, 7) is 3.22. The van der Waals surface area contributed by atoms with Crippen LogP contribution in [0.15, 0.2) is 23.8 Å². The maximum Gasteiger partial charge on any atom is 0.314 e. The van der Waals surface area contributed by atoms with E-state index in [9.17, 15) is 14.7 Å².